The molecule has 4 heteroatoms. The summed E-state index contributed by atoms with van der Waals surface area (Å²) in [5.74, 6) is -0.343. The highest BCUT2D eigenvalue weighted by Gasteiger charge is 2.16. The van der Waals surface area contributed by atoms with Gasteiger partial charge in [0, 0.05) is 18.3 Å². The third-order valence-electron chi connectivity index (χ3n) is 4.69. The Morgan fingerprint density at radius 1 is 1.00 bits per heavy atom. The van der Waals surface area contributed by atoms with Gasteiger partial charge in [0.1, 0.15) is 0 Å². The number of benzene rings is 2. The first-order valence-corrected chi connectivity index (χ1v) is 9.54. The van der Waals surface area contributed by atoms with Crippen molar-refractivity contribution in [1.82, 2.24) is 4.90 Å². The van der Waals surface area contributed by atoms with E-state index in [0.717, 1.165) is 41.6 Å². The highest BCUT2D eigenvalue weighted by molar-refractivity contribution is 5.99. The van der Waals surface area contributed by atoms with Gasteiger partial charge < -0.3 is 10.2 Å². The van der Waals surface area contributed by atoms with Gasteiger partial charge in [0.15, 0.2) is 0 Å². The van der Waals surface area contributed by atoms with Gasteiger partial charge in [0.2, 0.25) is 5.91 Å². The number of aryl methyl sites for hydroxylation is 4. The maximum absolute atomic E-state index is 12.6. The molecule has 1 N–H and O–H groups in total. The summed E-state index contributed by atoms with van der Waals surface area (Å²) < 4.78 is 0. The van der Waals surface area contributed by atoms with Gasteiger partial charge in [-0.05, 0) is 62.4 Å². The Bertz CT molecular complexity index is 787. The highest BCUT2D eigenvalue weighted by atomic mass is 16.2. The van der Waals surface area contributed by atoms with E-state index in [4.69, 9.17) is 0 Å². The van der Waals surface area contributed by atoms with Crippen molar-refractivity contribution in [2.24, 2.45) is 0 Å². The highest BCUT2D eigenvalue weighted by Crippen LogP contribution is 2.21. The predicted molar refractivity (Wildman–Crippen MR) is 111 cm³/mol. The van der Waals surface area contributed by atoms with Gasteiger partial charge in [0.25, 0.3) is 5.91 Å². The van der Waals surface area contributed by atoms with Gasteiger partial charge in [-0.15, -0.1) is 0 Å². The molecule has 0 heterocycles. The van der Waals surface area contributed by atoms with Gasteiger partial charge in [-0.25, -0.2) is 0 Å². The topological polar surface area (TPSA) is 49.4 Å². The Morgan fingerprint density at radius 3 is 2.15 bits per heavy atom. The fourth-order valence-corrected chi connectivity index (χ4v) is 3.26. The lowest BCUT2D eigenvalue weighted by atomic mass is 10.0. The molecule has 0 saturated heterocycles. The van der Waals surface area contributed by atoms with E-state index in [0.29, 0.717) is 5.56 Å². The van der Waals surface area contributed by atoms with E-state index >= 15 is 0 Å². The maximum Gasteiger partial charge on any atom is 0.254 e. The Labute approximate surface area is 162 Å². The van der Waals surface area contributed by atoms with Crippen LogP contribution in [0.5, 0.6) is 0 Å². The summed E-state index contributed by atoms with van der Waals surface area (Å²) >= 11 is 0. The Morgan fingerprint density at radius 2 is 1.59 bits per heavy atom. The minimum absolute atomic E-state index is 0.0170. The molecule has 0 aliphatic heterocycles. The van der Waals surface area contributed by atoms with Crippen molar-refractivity contribution < 1.29 is 9.59 Å². The van der Waals surface area contributed by atoms with E-state index in [1.165, 1.54) is 10.5 Å². The van der Waals surface area contributed by atoms with E-state index in [2.05, 4.69) is 12.2 Å². The fraction of sp³-hybridized carbons (Fsp3) is 0.391. The quantitative estimate of drug-likeness (QED) is 0.774. The minimum Gasteiger partial charge on any atom is -0.332 e. The lowest BCUT2D eigenvalue weighted by Crippen LogP contribution is -2.35. The molecular weight excluding hydrogens is 336 g/mol. The second-order valence-electron chi connectivity index (χ2n) is 7.28. The molecule has 0 aliphatic rings. The second-order valence-corrected chi connectivity index (χ2v) is 7.28. The van der Waals surface area contributed by atoms with E-state index in [1.54, 1.807) is 7.05 Å². The molecule has 0 atom stereocenters. The molecule has 2 amide bonds. The van der Waals surface area contributed by atoms with Gasteiger partial charge >= 0.3 is 0 Å². The van der Waals surface area contributed by atoms with Crippen molar-refractivity contribution >= 4 is 17.5 Å². The van der Waals surface area contributed by atoms with E-state index < -0.39 is 0 Å². The molecule has 144 valence electrons. The zero-order valence-electron chi connectivity index (χ0n) is 17.1. The largest absolute Gasteiger partial charge is 0.332 e. The molecule has 0 fully saturated rings. The molecule has 0 spiro atoms. The molecule has 0 unspecified atom stereocenters. The lowest BCUT2D eigenvalue weighted by Gasteiger charge is -2.18. The molecule has 0 saturated carbocycles. The van der Waals surface area contributed by atoms with Crippen molar-refractivity contribution in [3.05, 3.63) is 64.2 Å². The summed E-state index contributed by atoms with van der Waals surface area (Å²) in [4.78, 5) is 26.5. The fourth-order valence-electron chi connectivity index (χ4n) is 3.26. The van der Waals surface area contributed by atoms with Crippen LogP contribution in [-0.4, -0.2) is 30.3 Å². The number of nitrogens with zero attached hydrogens (tertiary/aromatic N) is 1. The van der Waals surface area contributed by atoms with Crippen molar-refractivity contribution in [2.75, 3.05) is 18.9 Å². The Balaban J connectivity index is 1.98. The molecule has 0 aliphatic carbocycles. The van der Waals surface area contributed by atoms with Crippen LogP contribution in [0.1, 0.15) is 52.4 Å². The smallest absolute Gasteiger partial charge is 0.254 e. The summed E-state index contributed by atoms with van der Waals surface area (Å²) in [6.07, 6.45) is 3.32. The van der Waals surface area contributed by atoms with Crippen molar-refractivity contribution in [3.63, 3.8) is 0 Å². The van der Waals surface area contributed by atoms with Crippen LogP contribution < -0.4 is 5.32 Å². The van der Waals surface area contributed by atoms with Crippen molar-refractivity contribution in [3.8, 4) is 0 Å². The maximum atomic E-state index is 12.6. The van der Waals surface area contributed by atoms with Gasteiger partial charge in [0.05, 0.1) is 6.54 Å². The van der Waals surface area contributed by atoms with Crippen LogP contribution in [0.15, 0.2) is 36.4 Å². The predicted octanol–water partition coefficient (Wildman–Crippen LogP) is 4.67. The zero-order valence-corrected chi connectivity index (χ0v) is 17.1. The molecule has 0 bridgehead atoms. The second kappa shape index (κ2) is 9.36. The summed E-state index contributed by atoms with van der Waals surface area (Å²) in [6.45, 7) is 8.17. The third kappa shape index (κ3) is 5.68. The number of carbonyl (C=O) groups is 2. The summed E-state index contributed by atoms with van der Waals surface area (Å²) in [6, 6.07) is 11.8. The van der Waals surface area contributed by atoms with Gasteiger partial charge in [-0.2, -0.15) is 0 Å². The summed E-state index contributed by atoms with van der Waals surface area (Å²) in [5, 5.41) is 2.94. The average molecular weight is 367 g/mol. The number of hydrogen-bond acceptors (Lipinski definition) is 2. The van der Waals surface area contributed by atoms with Crippen LogP contribution in [0.2, 0.25) is 0 Å². The zero-order chi connectivity index (χ0) is 20.0. The molecule has 0 radical (unpaired) electrons. The van der Waals surface area contributed by atoms with Crippen LogP contribution in [0.3, 0.4) is 0 Å². The minimum atomic E-state index is -0.194. The first-order valence-electron chi connectivity index (χ1n) is 9.54. The molecule has 27 heavy (non-hydrogen) atoms. The van der Waals surface area contributed by atoms with Gasteiger partial charge in [-0.1, -0.05) is 43.2 Å². The van der Waals surface area contributed by atoms with Crippen LogP contribution in [0, 0.1) is 20.8 Å². The average Bonchev–Trinajstić information content (AvgIpc) is 2.62. The number of amides is 2. The first kappa shape index (κ1) is 20.7. The van der Waals surface area contributed by atoms with Crippen molar-refractivity contribution in [2.45, 2.75) is 47.0 Å². The summed E-state index contributed by atoms with van der Waals surface area (Å²) in [7, 11) is 1.65. The van der Waals surface area contributed by atoms with Crippen LogP contribution >= 0.6 is 0 Å². The number of unbranched alkanes of at least 4 members (excludes halogenated alkanes) is 1. The lowest BCUT2D eigenvalue weighted by molar-refractivity contribution is -0.116. The van der Waals surface area contributed by atoms with Crippen molar-refractivity contribution in [1.29, 1.82) is 0 Å². The van der Waals surface area contributed by atoms with E-state index in [-0.39, 0.29) is 18.4 Å². The molecule has 2 rings (SSSR count). The molecule has 4 nitrogen and oxygen atoms in total. The monoisotopic (exact) mass is 366 g/mol. The number of anilines is 1. The molecule has 2 aromatic rings. The Kier molecular flexibility index (Phi) is 7.17. The van der Waals surface area contributed by atoms with Crippen LogP contribution in [-0.2, 0) is 11.2 Å². The molecule has 0 aromatic heterocycles. The Hall–Kier alpha value is -2.62. The normalized spacial score (nSPS) is 10.6. The standard InChI is InChI=1S/C23H30N2O2/c1-6-7-8-19-9-11-20(12-10-19)23(27)25(5)15-21(26)24-22-17(3)13-16(2)14-18(22)4/h9-14H,6-8,15H2,1-5H3,(H,24,26). The first-order chi connectivity index (χ1) is 12.8. The number of rotatable bonds is 7. The summed E-state index contributed by atoms with van der Waals surface area (Å²) in [5.41, 5.74) is 5.88. The number of carbonyl (C=O) groups excluding carboxylic acids is 2. The van der Waals surface area contributed by atoms with E-state index in [9.17, 15) is 9.59 Å². The number of hydrogen-bond donors (Lipinski definition) is 1. The van der Waals surface area contributed by atoms with E-state index in [1.807, 2.05) is 57.2 Å². The van der Waals surface area contributed by atoms with Crippen LogP contribution in [0.25, 0.3) is 0 Å². The third-order valence-corrected chi connectivity index (χ3v) is 4.69. The number of nitrogens with one attached hydrogen (secondary N) is 1. The number of likely N-dealkylation sites (N-methyl/N-ethyl adjacent to an activating group) is 1. The van der Waals surface area contributed by atoms with Gasteiger partial charge in [-0.3, -0.25) is 9.59 Å². The molecular formula is C23H30N2O2. The SMILES string of the molecule is CCCCc1ccc(C(=O)N(C)CC(=O)Nc2c(C)cc(C)cc2C)cc1. The molecule has 2 aromatic carbocycles. The van der Waals surface area contributed by atoms with Crippen LogP contribution in [0.4, 0.5) is 5.69 Å².